The zero-order valence-corrected chi connectivity index (χ0v) is 15.1. The Kier molecular flexibility index (Phi) is 5.11. The minimum absolute atomic E-state index is 0.0285. The minimum atomic E-state index is 0.0285. The van der Waals surface area contributed by atoms with Gasteiger partial charge in [-0.05, 0) is 44.1 Å². The molecule has 1 fully saturated rings. The van der Waals surface area contributed by atoms with Gasteiger partial charge >= 0.3 is 0 Å². The van der Waals surface area contributed by atoms with Crippen LogP contribution in [0.2, 0.25) is 0 Å². The summed E-state index contributed by atoms with van der Waals surface area (Å²) in [4.78, 5) is 26.1. The van der Waals surface area contributed by atoms with Gasteiger partial charge in [0.25, 0.3) is 5.91 Å². The van der Waals surface area contributed by atoms with Crippen LogP contribution in [0.4, 0.5) is 5.82 Å². The van der Waals surface area contributed by atoms with Crippen LogP contribution in [0.1, 0.15) is 15.2 Å². The summed E-state index contributed by atoms with van der Waals surface area (Å²) in [6.45, 7) is 4.55. The van der Waals surface area contributed by atoms with Gasteiger partial charge in [-0.1, -0.05) is 0 Å². The molecule has 1 aliphatic heterocycles. The number of carbonyl (C=O) groups is 1. The Morgan fingerprint density at radius 1 is 1.42 bits per heavy atom. The second-order valence-electron chi connectivity index (χ2n) is 6.51. The molecular formula is C17H23N5OS. The van der Waals surface area contributed by atoms with Gasteiger partial charge in [-0.25, -0.2) is 9.97 Å². The van der Waals surface area contributed by atoms with Crippen LogP contribution in [0.15, 0.2) is 30.0 Å². The molecule has 0 radical (unpaired) electrons. The monoisotopic (exact) mass is 345 g/mol. The van der Waals surface area contributed by atoms with Crippen molar-refractivity contribution >= 4 is 23.1 Å². The summed E-state index contributed by atoms with van der Waals surface area (Å²) in [6, 6.07) is 4.01. The summed E-state index contributed by atoms with van der Waals surface area (Å²) >= 11 is 1.50. The molecule has 0 bridgehead atoms. The van der Waals surface area contributed by atoms with E-state index in [0.717, 1.165) is 35.9 Å². The quantitative estimate of drug-likeness (QED) is 0.893. The lowest BCUT2D eigenvalue weighted by Gasteiger charge is -2.22. The molecule has 1 N–H and O–H groups in total. The van der Waals surface area contributed by atoms with Crippen LogP contribution in [0.25, 0.3) is 0 Å². The molecule has 0 spiro atoms. The number of hydrogen-bond donors (Lipinski definition) is 1. The number of aryl methyl sites for hydroxylation is 1. The molecule has 2 atom stereocenters. The molecule has 2 aromatic rings. The highest BCUT2D eigenvalue weighted by Crippen LogP contribution is 2.24. The van der Waals surface area contributed by atoms with Crippen LogP contribution in [-0.4, -0.2) is 60.5 Å². The van der Waals surface area contributed by atoms with Crippen LogP contribution < -0.4 is 10.2 Å². The molecule has 0 unspecified atom stereocenters. The molecule has 7 heteroatoms. The summed E-state index contributed by atoms with van der Waals surface area (Å²) in [7, 11) is 4.13. The Morgan fingerprint density at radius 3 is 2.88 bits per heavy atom. The summed E-state index contributed by atoms with van der Waals surface area (Å²) in [6.07, 6.45) is 3.32. The lowest BCUT2D eigenvalue weighted by molar-refractivity contribution is 0.0931. The Labute approximate surface area is 146 Å². The van der Waals surface area contributed by atoms with Crippen molar-refractivity contribution in [1.29, 1.82) is 0 Å². The van der Waals surface area contributed by atoms with Gasteiger partial charge in [0, 0.05) is 31.7 Å². The first-order chi connectivity index (χ1) is 11.5. The van der Waals surface area contributed by atoms with Crippen molar-refractivity contribution in [3.8, 4) is 0 Å². The SMILES string of the molecule is Cc1ccsc1C(=O)N[C@@H]1CN(c2ccncn2)C[C@H]1CN(C)C. The fourth-order valence-electron chi connectivity index (χ4n) is 3.19. The Balaban J connectivity index is 1.74. The number of thiophene rings is 1. The number of hydrogen-bond acceptors (Lipinski definition) is 6. The van der Waals surface area contributed by atoms with Gasteiger partial charge in [0.1, 0.15) is 12.1 Å². The first-order valence-corrected chi connectivity index (χ1v) is 8.93. The minimum Gasteiger partial charge on any atom is -0.354 e. The van der Waals surface area contributed by atoms with Crippen LogP contribution in [0.5, 0.6) is 0 Å². The first-order valence-electron chi connectivity index (χ1n) is 8.05. The molecule has 0 saturated carbocycles. The standard InChI is InChI=1S/C17H23N5OS/c1-12-5-7-24-16(12)17(23)20-14-10-22(9-13(14)8-21(2)3)15-4-6-18-11-19-15/h4-7,11,13-14H,8-10H2,1-3H3,(H,20,23)/t13-,14-/m1/s1. The number of nitrogens with zero attached hydrogens (tertiary/aromatic N) is 4. The van der Waals surface area contributed by atoms with Crippen LogP contribution in [-0.2, 0) is 0 Å². The number of nitrogens with one attached hydrogen (secondary N) is 1. The van der Waals surface area contributed by atoms with Crippen molar-refractivity contribution in [3.05, 3.63) is 40.5 Å². The van der Waals surface area contributed by atoms with E-state index in [1.54, 1.807) is 12.5 Å². The average Bonchev–Trinajstić information content (AvgIpc) is 3.14. The predicted octanol–water partition coefficient (Wildman–Crippen LogP) is 1.64. The zero-order chi connectivity index (χ0) is 17.1. The maximum atomic E-state index is 12.6. The maximum absolute atomic E-state index is 12.6. The predicted molar refractivity (Wildman–Crippen MR) is 96.6 cm³/mol. The number of aromatic nitrogens is 2. The van der Waals surface area contributed by atoms with E-state index in [2.05, 4.69) is 39.2 Å². The van der Waals surface area contributed by atoms with E-state index >= 15 is 0 Å². The van der Waals surface area contributed by atoms with E-state index in [4.69, 9.17) is 0 Å². The summed E-state index contributed by atoms with van der Waals surface area (Å²) < 4.78 is 0. The van der Waals surface area contributed by atoms with Crippen molar-refractivity contribution in [2.45, 2.75) is 13.0 Å². The van der Waals surface area contributed by atoms with E-state index in [0.29, 0.717) is 5.92 Å². The molecule has 6 nitrogen and oxygen atoms in total. The highest BCUT2D eigenvalue weighted by molar-refractivity contribution is 7.12. The lowest BCUT2D eigenvalue weighted by Crippen LogP contribution is -2.43. The largest absolute Gasteiger partial charge is 0.354 e. The highest BCUT2D eigenvalue weighted by atomic mass is 32.1. The second-order valence-corrected chi connectivity index (χ2v) is 7.42. The van der Waals surface area contributed by atoms with Gasteiger partial charge < -0.3 is 15.1 Å². The van der Waals surface area contributed by atoms with Crippen LogP contribution >= 0.6 is 11.3 Å². The smallest absolute Gasteiger partial charge is 0.261 e. The van der Waals surface area contributed by atoms with E-state index in [9.17, 15) is 4.79 Å². The number of amides is 1. The van der Waals surface area contributed by atoms with Gasteiger partial charge in [-0.15, -0.1) is 11.3 Å². The van der Waals surface area contributed by atoms with Gasteiger partial charge in [0.05, 0.1) is 10.9 Å². The zero-order valence-electron chi connectivity index (χ0n) is 14.3. The normalized spacial score (nSPS) is 20.6. The van der Waals surface area contributed by atoms with Crippen LogP contribution in [0, 0.1) is 12.8 Å². The summed E-state index contributed by atoms with van der Waals surface area (Å²) in [5.41, 5.74) is 1.03. The van der Waals surface area contributed by atoms with Crippen molar-refractivity contribution in [2.24, 2.45) is 5.92 Å². The molecule has 0 aromatic carbocycles. The van der Waals surface area contributed by atoms with Gasteiger partial charge in [0.15, 0.2) is 0 Å². The molecule has 24 heavy (non-hydrogen) atoms. The fourth-order valence-corrected chi connectivity index (χ4v) is 4.01. The molecule has 1 saturated heterocycles. The Morgan fingerprint density at radius 2 is 2.25 bits per heavy atom. The molecule has 0 aliphatic carbocycles. The average molecular weight is 345 g/mol. The second kappa shape index (κ2) is 7.27. The van der Waals surface area contributed by atoms with E-state index < -0.39 is 0 Å². The molecule has 3 rings (SSSR count). The number of rotatable bonds is 5. The summed E-state index contributed by atoms with van der Waals surface area (Å²) in [5.74, 6) is 1.30. The topological polar surface area (TPSA) is 61.4 Å². The fraction of sp³-hybridized carbons (Fsp3) is 0.471. The van der Waals surface area contributed by atoms with E-state index in [-0.39, 0.29) is 11.9 Å². The number of anilines is 1. The van der Waals surface area contributed by atoms with Crippen LogP contribution in [0.3, 0.4) is 0 Å². The van der Waals surface area contributed by atoms with E-state index in [1.807, 2.05) is 24.4 Å². The molecule has 1 aliphatic rings. The molecule has 2 aromatic heterocycles. The summed E-state index contributed by atoms with van der Waals surface area (Å²) in [5, 5.41) is 5.20. The molecule has 128 valence electrons. The lowest BCUT2D eigenvalue weighted by atomic mass is 10.0. The molecule has 3 heterocycles. The molecule has 1 amide bonds. The maximum Gasteiger partial charge on any atom is 0.261 e. The van der Waals surface area contributed by atoms with Gasteiger partial charge in [0.2, 0.25) is 0 Å². The van der Waals surface area contributed by atoms with Crippen molar-refractivity contribution in [2.75, 3.05) is 38.6 Å². The number of carbonyl (C=O) groups excluding carboxylic acids is 1. The Hall–Kier alpha value is -1.99. The third-order valence-electron chi connectivity index (χ3n) is 4.32. The highest BCUT2D eigenvalue weighted by Gasteiger charge is 2.35. The van der Waals surface area contributed by atoms with Crippen molar-refractivity contribution in [1.82, 2.24) is 20.2 Å². The Bertz CT molecular complexity index is 687. The van der Waals surface area contributed by atoms with Gasteiger partial charge in [-0.2, -0.15) is 0 Å². The van der Waals surface area contributed by atoms with E-state index in [1.165, 1.54) is 11.3 Å². The third-order valence-corrected chi connectivity index (χ3v) is 5.33. The van der Waals surface area contributed by atoms with Crippen molar-refractivity contribution < 1.29 is 4.79 Å². The van der Waals surface area contributed by atoms with Gasteiger partial charge in [-0.3, -0.25) is 4.79 Å². The van der Waals surface area contributed by atoms with Crippen molar-refractivity contribution in [3.63, 3.8) is 0 Å². The first kappa shape index (κ1) is 16.9. The third kappa shape index (κ3) is 3.73. The molecular weight excluding hydrogens is 322 g/mol.